The molecule has 0 bridgehead atoms. The van der Waals surface area contributed by atoms with E-state index in [0.717, 1.165) is 42.5 Å². The summed E-state index contributed by atoms with van der Waals surface area (Å²) in [6.07, 6.45) is 4.08. The van der Waals surface area contributed by atoms with Crippen LogP contribution < -0.4 is 9.64 Å². The number of hydrogen-bond acceptors (Lipinski definition) is 3. The number of aliphatic hydroxyl groups excluding tert-OH is 1. The molecule has 1 fully saturated rings. The molecule has 4 heteroatoms. The first-order valence-electron chi connectivity index (χ1n) is 6.83. The van der Waals surface area contributed by atoms with Gasteiger partial charge in [0, 0.05) is 19.3 Å². The summed E-state index contributed by atoms with van der Waals surface area (Å²) in [6.45, 7) is 1.05. The number of halogens is 1. The van der Waals surface area contributed by atoms with Crippen molar-refractivity contribution in [2.75, 3.05) is 25.6 Å². The number of aliphatic hydroxyl groups is 1. The molecular formula is C15H22BrNO2. The highest BCUT2D eigenvalue weighted by Gasteiger charge is 2.20. The van der Waals surface area contributed by atoms with Crippen molar-refractivity contribution in [3.8, 4) is 5.75 Å². The molecule has 19 heavy (non-hydrogen) atoms. The van der Waals surface area contributed by atoms with Crippen LogP contribution >= 0.6 is 15.9 Å². The summed E-state index contributed by atoms with van der Waals surface area (Å²) >= 11 is 3.52. The highest BCUT2D eigenvalue weighted by molar-refractivity contribution is 9.10. The van der Waals surface area contributed by atoms with Crippen molar-refractivity contribution >= 4 is 21.6 Å². The second-order valence-corrected chi connectivity index (χ2v) is 6.23. The van der Waals surface area contributed by atoms with Crippen molar-refractivity contribution in [2.45, 2.75) is 31.8 Å². The van der Waals surface area contributed by atoms with Crippen LogP contribution in [0.2, 0.25) is 0 Å². The summed E-state index contributed by atoms with van der Waals surface area (Å²) in [5.74, 6) is 1.55. The van der Waals surface area contributed by atoms with Crippen LogP contribution in [-0.2, 0) is 0 Å². The van der Waals surface area contributed by atoms with Crippen LogP contribution in [-0.4, -0.2) is 31.9 Å². The summed E-state index contributed by atoms with van der Waals surface area (Å²) in [7, 11) is 3.80. The van der Waals surface area contributed by atoms with E-state index in [0.29, 0.717) is 5.92 Å². The third kappa shape index (κ3) is 3.86. The Labute approximate surface area is 123 Å². The molecule has 0 aromatic heterocycles. The van der Waals surface area contributed by atoms with E-state index in [9.17, 15) is 5.11 Å². The van der Waals surface area contributed by atoms with E-state index >= 15 is 0 Å². The number of nitrogens with zero attached hydrogens (tertiary/aromatic N) is 1. The minimum Gasteiger partial charge on any atom is -0.496 e. The number of hydrogen-bond donors (Lipinski definition) is 1. The SMILES string of the molecule is COc1ccc(N(C)CC2CCC(O)CC2)cc1Br. The first-order valence-corrected chi connectivity index (χ1v) is 7.62. The smallest absolute Gasteiger partial charge is 0.133 e. The van der Waals surface area contributed by atoms with E-state index in [-0.39, 0.29) is 6.10 Å². The lowest BCUT2D eigenvalue weighted by Gasteiger charge is -2.30. The van der Waals surface area contributed by atoms with Gasteiger partial charge in [0.25, 0.3) is 0 Å². The molecule has 0 radical (unpaired) electrons. The molecule has 1 aromatic rings. The molecule has 0 aliphatic heterocycles. The molecule has 0 amide bonds. The molecule has 1 aromatic carbocycles. The fourth-order valence-electron chi connectivity index (χ4n) is 2.71. The van der Waals surface area contributed by atoms with E-state index in [1.54, 1.807) is 7.11 Å². The van der Waals surface area contributed by atoms with Gasteiger partial charge < -0.3 is 14.7 Å². The van der Waals surface area contributed by atoms with Gasteiger partial charge in [-0.15, -0.1) is 0 Å². The Morgan fingerprint density at radius 1 is 1.32 bits per heavy atom. The molecule has 1 saturated carbocycles. The number of ether oxygens (including phenoxy) is 1. The van der Waals surface area contributed by atoms with Crippen LogP contribution in [0.25, 0.3) is 0 Å². The van der Waals surface area contributed by atoms with Crippen LogP contribution in [0.15, 0.2) is 22.7 Å². The van der Waals surface area contributed by atoms with Gasteiger partial charge in [-0.05, 0) is 65.7 Å². The van der Waals surface area contributed by atoms with Crippen molar-refractivity contribution < 1.29 is 9.84 Å². The van der Waals surface area contributed by atoms with E-state index in [1.165, 1.54) is 5.69 Å². The Kier molecular flexibility index (Phi) is 5.11. The average molecular weight is 328 g/mol. The lowest BCUT2D eigenvalue weighted by Crippen LogP contribution is -2.29. The zero-order valence-corrected chi connectivity index (χ0v) is 13.2. The van der Waals surface area contributed by atoms with Gasteiger partial charge in [-0.2, -0.15) is 0 Å². The Balaban J connectivity index is 1.96. The molecule has 2 rings (SSSR count). The maximum atomic E-state index is 9.54. The zero-order chi connectivity index (χ0) is 13.8. The normalized spacial score (nSPS) is 23.2. The minimum absolute atomic E-state index is 0.0725. The van der Waals surface area contributed by atoms with Gasteiger partial charge in [-0.3, -0.25) is 0 Å². The van der Waals surface area contributed by atoms with Crippen LogP contribution in [0.1, 0.15) is 25.7 Å². The molecule has 106 valence electrons. The number of rotatable bonds is 4. The first kappa shape index (κ1) is 14.7. The topological polar surface area (TPSA) is 32.7 Å². The summed E-state index contributed by atoms with van der Waals surface area (Å²) < 4.78 is 6.23. The maximum absolute atomic E-state index is 9.54. The van der Waals surface area contributed by atoms with Crippen LogP contribution in [0.3, 0.4) is 0 Å². The quantitative estimate of drug-likeness (QED) is 0.919. The molecule has 1 aliphatic carbocycles. The van der Waals surface area contributed by atoms with Gasteiger partial charge in [0.1, 0.15) is 5.75 Å². The van der Waals surface area contributed by atoms with Crippen molar-refractivity contribution in [3.05, 3.63) is 22.7 Å². The Morgan fingerprint density at radius 2 is 2.00 bits per heavy atom. The average Bonchev–Trinajstić information content (AvgIpc) is 2.41. The fourth-order valence-corrected chi connectivity index (χ4v) is 3.24. The van der Waals surface area contributed by atoms with Gasteiger partial charge >= 0.3 is 0 Å². The Hall–Kier alpha value is -0.740. The van der Waals surface area contributed by atoms with Crippen LogP contribution in [0, 0.1) is 5.92 Å². The lowest BCUT2D eigenvalue weighted by atomic mass is 9.87. The van der Waals surface area contributed by atoms with Gasteiger partial charge in [0.2, 0.25) is 0 Å². The second kappa shape index (κ2) is 6.62. The largest absolute Gasteiger partial charge is 0.496 e. The predicted molar refractivity (Wildman–Crippen MR) is 81.9 cm³/mol. The molecule has 0 atom stereocenters. The maximum Gasteiger partial charge on any atom is 0.133 e. The predicted octanol–water partition coefficient (Wildman–Crippen LogP) is 3.45. The molecular weight excluding hydrogens is 306 g/mol. The van der Waals surface area contributed by atoms with Crippen molar-refractivity contribution in [2.24, 2.45) is 5.92 Å². The first-order chi connectivity index (χ1) is 9.10. The summed E-state index contributed by atoms with van der Waals surface area (Å²) in [6, 6.07) is 6.16. The Bertz CT molecular complexity index is 417. The molecule has 0 unspecified atom stereocenters. The monoisotopic (exact) mass is 327 g/mol. The van der Waals surface area contributed by atoms with Crippen molar-refractivity contribution in [3.63, 3.8) is 0 Å². The van der Waals surface area contributed by atoms with Crippen molar-refractivity contribution in [1.29, 1.82) is 0 Å². The third-order valence-electron chi connectivity index (χ3n) is 3.92. The minimum atomic E-state index is -0.0725. The zero-order valence-electron chi connectivity index (χ0n) is 11.6. The van der Waals surface area contributed by atoms with E-state index in [2.05, 4.69) is 40.0 Å². The third-order valence-corrected chi connectivity index (χ3v) is 4.54. The molecule has 0 heterocycles. The van der Waals surface area contributed by atoms with Gasteiger partial charge in [-0.1, -0.05) is 0 Å². The van der Waals surface area contributed by atoms with Gasteiger partial charge in [0.05, 0.1) is 17.7 Å². The highest BCUT2D eigenvalue weighted by atomic mass is 79.9. The summed E-state index contributed by atoms with van der Waals surface area (Å²) in [5.41, 5.74) is 1.19. The van der Waals surface area contributed by atoms with Crippen LogP contribution in [0.4, 0.5) is 5.69 Å². The van der Waals surface area contributed by atoms with E-state index in [4.69, 9.17) is 4.74 Å². The molecule has 0 saturated heterocycles. The van der Waals surface area contributed by atoms with Gasteiger partial charge in [-0.25, -0.2) is 0 Å². The fraction of sp³-hybridized carbons (Fsp3) is 0.600. The summed E-state index contributed by atoms with van der Waals surface area (Å²) in [4.78, 5) is 2.28. The van der Waals surface area contributed by atoms with Crippen LogP contribution in [0.5, 0.6) is 5.75 Å². The molecule has 1 aliphatic rings. The molecule has 3 nitrogen and oxygen atoms in total. The number of anilines is 1. The van der Waals surface area contributed by atoms with E-state index < -0.39 is 0 Å². The second-order valence-electron chi connectivity index (χ2n) is 5.37. The number of benzene rings is 1. The molecule has 0 spiro atoms. The summed E-state index contributed by atoms with van der Waals surface area (Å²) in [5, 5.41) is 9.54. The molecule has 1 N–H and O–H groups in total. The highest BCUT2D eigenvalue weighted by Crippen LogP contribution is 2.31. The Morgan fingerprint density at radius 3 is 2.58 bits per heavy atom. The van der Waals surface area contributed by atoms with E-state index in [1.807, 2.05) is 6.07 Å². The van der Waals surface area contributed by atoms with Gasteiger partial charge in [0.15, 0.2) is 0 Å². The number of methoxy groups -OCH3 is 1. The lowest BCUT2D eigenvalue weighted by molar-refractivity contribution is 0.110. The van der Waals surface area contributed by atoms with Crippen molar-refractivity contribution in [1.82, 2.24) is 0 Å². The standard InChI is InChI=1S/C15H22BrNO2/c1-17(10-11-3-6-13(18)7-4-11)12-5-8-15(19-2)14(16)9-12/h5,8-9,11,13,18H,3-4,6-7,10H2,1-2H3.